The Kier molecular flexibility index (Phi) is 4.27. The molecule has 1 aromatic rings. The predicted molar refractivity (Wildman–Crippen MR) is 60.7 cm³/mol. The number of nitrogens with one attached hydrogen (secondary N) is 1. The van der Waals surface area contributed by atoms with Crippen molar-refractivity contribution in [1.29, 1.82) is 0 Å². The highest BCUT2D eigenvalue weighted by Crippen LogP contribution is 2.09. The van der Waals surface area contributed by atoms with Gasteiger partial charge in [0.1, 0.15) is 5.15 Å². The molecule has 0 fully saturated rings. The van der Waals surface area contributed by atoms with Gasteiger partial charge in [0.25, 0.3) is 0 Å². The molecule has 0 spiro atoms. The number of anilines is 1. The number of nitrogens with two attached hydrogens (primary N) is 1. The van der Waals surface area contributed by atoms with E-state index in [1.807, 2.05) is 0 Å². The Morgan fingerprint density at radius 1 is 1.73 bits per heavy atom. The fraction of sp³-hybridized carbons (Fsp3) is 0.200. The lowest BCUT2D eigenvalue weighted by molar-refractivity contribution is -0.117. The molecular formula is C10H12ClN3O. The van der Waals surface area contributed by atoms with Crippen LogP contribution in [0.25, 0.3) is 0 Å². The highest BCUT2D eigenvalue weighted by molar-refractivity contribution is 6.29. The van der Waals surface area contributed by atoms with E-state index in [-0.39, 0.29) is 5.91 Å². The van der Waals surface area contributed by atoms with E-state index in [2.05, 4.69) is 16.9 Å². The summed E-state index contributed by atoms with van der Waals surface area (Å²) in [6, 6.07) is 2.67. The van der Waals surface area contributed by atoms with Crippen molar-refractivity contribution in [2.75, 3.05) is 5.32 Å². The van der Waals surface area contributed by atoms with Crippen LogP contribution in [0.4, 0.5) is 5.69 Å². The highest BCUT2D eigenvalue weighted by Gasteiger charge is 2.11. The van der Waals surface area contributed by atoms with Crippen molar-refractivity contribution in [1.82, 2.24) is 4.98 Å². The Bertz CT molecular complexity index is 350. The minimum absolute atomic E-state index is 0.265. The number of amides is 1. The second kappa shape index (κ2) is 5.48. The normalized spacial score (nSPS) is 11.9. The van der Waals surface area contributed by atoms with Crippen LogP contribution in [0.2, 0.25) is 5.15 Å². The van der Waals surface area contributed by atoms with Crippen LogP contribution in [-0.4, -0.2) is 16.9 Å². The molecule has 1 aromatic heterocycles. The Morgan fingerprint density at radius 3 is 3.00 bits per heavy atom. The second-order valence-electron chi connectivity index (χ2n) is 2.99. The Labute approximate surface area is 93.1 Å². The van der Waals surface area contributed by atoms with Gasteiger partial charge in [-0.2, -0.15) is 0 Å². The van der Waals surface area contributed by atoms with E-state index in [1.165, 1.54) is 6.20 Å². The van der Waals surface area contributed by atoms with Crippen LogP contribution in [0.5, 0.6) is 0 Å². The zero-order valence-corrected chi connectivity index (χ0v) is 8.87. The average Bonchev–Trinajstić information content (AvgIpc) is 2.22. The van der Waals surface area contributed by atoms with Crippen LogP contribution in [0.3, 0.4) is 0 Å². The van der Waals surface area contributed by atoms with E-state index in [1.54, 1.807) is 18.2 Å². The minimum atomic E-state index is -0.585. The molecule has 15 heavy (non-hydrogen) atoms. The van der Waals surface area contributed by atoms with Crippen molar-refractivity contribution in [2.24, 2.45) is 5.73 Å². The molecule has 0 aliphatic carbocycles. The smallest absolute Gasteiger partial charge is 0.241 e. The molecule has 0 aliphatic rings. The lowest BCUT2D eigenvalue weighted by Gasteiger charge is -2.09. The van der Waals surface area contributed by atoms with Gasteiger partial charge in [-0.15, -0.1) is 6.58 Å². The first kappa shape index (κ1) is 11.7. The third-order valence-electron chi connectivity index (χ3n) is 1.75. The van der Waals surface area contributed by atoms with Crippen LogP contribution in [0, 0.1) is 0 Å². The molecule has 0 bridgehead atoms. The third kappa shape index (κ3) is 3.69. The number of halogens is 1. The standard InChI is InChI=1S/C10H12ClN3O/c1-2-3-8(12)10(15)14-7-4-5-9(11)13-6-7/h2,4-6,8H,1,3,12H2,(H,14,15). The summed E-state index contributed by atoms with van der Waals surface area (Å²) >= 11 is 5.60. The SMILES string of the molecule is C=CCC(N)C(=O)Nc1ccc(Cl)nc1. The van der Waals surface area contributed by atoms with Gasteiger partial charge in [-0.05, 0) is 18.6 Å². The number of carbonyl (C=O) groups excluding carboxylic acids is 1. The summed E-state index contributed by atoms with van der Waals surface area (Å²) in [5, 5.41) is 3.00. The first-order valence-corrected chi connectivity index (χ1v) is 4.80. The molecule has 80 valence electrons. The molecule has 1 unspecified atom stereocenters. The molecule has 0 radical (unpaired) electrons. The van der Waals surface area contributed by atoms with Gasteiger partial charge in [0.05, 0.1) is 17.9 Å². The summed E-state index contributed by atoms with van der Waals surface area (Å²) in [6.07, 6.45) is 3.51. The van der Waals surface area contributed by atoms with Gasteiger partial charge in [0.2, 0.25) is 5.91 Å². The van der Waals surface area contributed by atoms with Gasteiger partial charge in [-0.25, -0.2) is 4.98 Å². The molecule has 0 saturated heterocycles. The zero-order chi connectivity index (χ0) is 11.3. The maximum Gasteiger partial charge on any atom is 0.241 e. The van der Waals surface area contributed by atoms with Crippen LogP contribution in [0.15, 0.2) is 31.0 Å². The summed E-state index contributed by atoms with van der Waals surface area (Å²) in [7, 11) is 0. The summed E-state index contributed by atoms with van der Waals surface area (Å²) in [5.74, 6) is -0.265. The molecule has 1 rings (SSSR count). The summed E-state index contributed by atoms with van der Waals surface area (Å²) in [5.41, 5.74) is 6.15. The van der Waals surface area contributed by atoms with E-state index in [9.17, 15) is 4.79 Å². The fourth-order valence-corrected chi connectivity index (χ4v) is 1.08. The fourth-order valence-electron chi connectivity index (χ4n) is 0.971. The first-order valence-electron chi connectivity index (χ1n) is 4.42. The summed E-state index contributed by atoms with van der Waals surface area (Å²) < 4.78 is 0. The third-order valence-corrected chi connectivity index (χ3v) is 1.98. The van der Waals surface area contributed by atoms with Crippen LogP contribution in [-0.2, 0) is 4.79 Å². The Balaban J connectivity index is 2.58. The lowest BCUT2D eigenvalue weighted by Crippen LogP contribution is -2.35. The minimum Gasteiger partial charge on any atom is -0.323 e. The largest absolute Gasteiger partial charge is 0.323 e. The molecule has 0 aromatic carbocycles. The molecule has 1 amide bonds. The maximum absolute atomic E-state index is 11.4. The van der Waals surface area contributed by atoms with Gasteiger partial charge >= 0.3 is 0 Å². The molecule has 0 aliphatic heterocycles. The van der Waals surface area contributed by atoms with Crippen molar-refractivity contribution < 1.29 is 4.79 Å². The summed E-state index contributed by atoms with van der Waals surface area (Å²) in [4.78, 5) is 15.3. The molecule has 1 heterocycles. The van der Waals surface area contributed by atoms with Gasteiger partial charge < -0.3 is 11.1 Å². The predicted octanol–water partition coefficient (Wildman–Crippen LogP) is 1.58. The second-order valence-corrected chi connectivity index (χ2v) is 3.38. The lowest BCUT2D eigenvalue weighted by atomic mass is 10.2. The number of hydrogen-bond donors (Lipinski definition) is 2. The van der Waals surface area contributed by atoms with Crippen molar-refractivity contribution in [3.63, 3.8) is 0 Å². The number of rotatable bonds is 4. The van der Waals surface area contributed by atoms with Crippen molar-refractivity contribution in [2.45, 2.75) is 12.5 Å². The average molecular weight is 226 g/mol. The van der Waals surface area contributed by atoms with E-state index in [0.29, 0.717) is 17.3 Å². The van der Waals surface area contributed by atoms with Gasteiger partial charge in [-0.1, -0.05) is 17.7 Å². The molecule has 3 N–H and O–H groups in total. The van der Waals surface area contributed by atoms with E-state index < -0.39 is 6.04 Å². The number of carbonyl (C=O) groups is 1. The number of pyridine rings is 1. The van der Waals surface area contributed by atoms with Crippen LogP contribution in [0.1, 0.15) is 6.42 Å². The number of nitrogens with zero attached hydrogens (tertiary/aromatic N) is 1. The van der Waals surface area contributed by atoms with E-state index in [4.69, 9.17) is 17.3 Å². The molecule has 5 heteroatoms. The Hall–Kier alpha value is -1.39. The Morgan fingerprint density at radius 2 is 2.47 bits per heavy atom. The van der Waals surface area contributed by atoms with Crippen molar-refractivity contribution in [3.8, 4) is 0 Å². The molecular weight excluding hydrogens is 214 g/mol. The van der Waals surface area contributed by atoms with E-state index >= 15 is 0 Å². The van der Waals surface area contributed by atoms with E-state index in [0.717, 1.165) is 0 Å². The number of aromatic nitrogens is 1. The van der Waals surface area contributed by atoms with Crippen molar-refractivity contribution >= 4 is 23.2 Å². The van der Waals surface area contributed by atoms with Crippen LogP contribution < -0.4 is 11.1 Å². The topological polar surface area (TPSA) is 68.0 Å². The summed E-state index contributed by atoms with van der Waals surface area (Å²) in [6.45, 7) is 3.51. The van der Waals surface area contributed by atoms with Crippen molar-refractivity contribution in [3.05, 3.63) is 36.1 Å². The highest BCUT2D eigenvalue weighted by atomic mass is 35.5. The first-order chi connectivity index (χ1) is 7.13. The quantitative estimate of drug-likeness (QED) is 0.604. The monoisotopic (exact) mass is 225 g/mol. The van der Waals surface area contributed by atoms with Gasteiger partial charge in [-0.3, -0.25) is 4.79 Å². The molecule has 4 nitrogen and oxygen atoms in total. The van der Waals surface area contributed by atoms with Crippen LogP contribution >= 0.6 is 11.6 Å². The number of hydrogen-bond acceptors (Lipinski definition) is 3. The van der Waals surface area contributed by atoms with Gasteiger partial charge in [0, 0.05) is 0 Å². The maximum atomic E-state index is 11.4. The molecule has 0 saturated carbocycles. The molecule has 1 atom stereocenters. The van der Waals surface area contributed by atoms with Gasteiger partial charge in [0.15, 0.2) is 0 Å². The zero-order valence-electron chi connectivity index (χ0n) is 8.11.